The van der Waals surface area contributed by atoms with Gasteiger partial charge in [-0.1, -0.05) is 72.4 Å². The van der Waals surface area contributed by atoms with Gasteiger partial charge in [0.15, 0.2) is 22.5 Å². The van der Waals surface area contributed by atoms with Gasteiger partial charge in [-0.2, -0.15) is 4.98 Å². The number of benzene rings is 2. The van der Waals surface area contributed by atoms with E-state index in [2.05, 4.69) is 9.97 Å². The number of nitrogens with zero attached hydrogens (tertiary/aromatic N) is 4. The summed E-state index contributed by atoms with van der Waals surface area (Å²) in [6.07, 6.45) is -2.09. The highest BCUT2D eigenvalue weighted by molar-refractivity contribution is 7.99. The first-order chi connectivity index (χ1) is 19.4. The maximum Gasteiger partial charge on any atom is 1.00 e. The zero-order valence-corrected chi connectivity index (χ0v) is 22.5. The van der Waals surface area contributed by atoms with Crippen LogP contribution in [0.4, 0.5) is 0 Å². The quantitative estimate of drug-likeness (QED) is 0.226. The lowest BCUT2D eigenvalue weighted by atomic mass is 10.1. The molecule has 0 bridgehead atoms. The largest absolute Gasteiger partial charge is 1.00 e. The molecule has 5 aromatic rings. The number of aliphatic hydroxyl groups is 1. The first kappa shape index (κ1) is 25.7. The van der Waals surface area contributed by atoms with Gasteiger partial charge in [0, 0.05) is 11.9 Å². The van der Waals surface area contributed by atoms with Crippen molar-refractivity contribution in [2.24, 2.45) is 0 Å². The molecule has 7 rings (SSSR count). The monoisotopic (exact) mass is 581 g/mol. The highest BCUT2D eigenvalue weighted by Gasteiger charge is 2.51. The predicted octanol–water partition coefficient (Wildman–Crippen LogP) is 2.63. The predicted molar refractivity (Wildman–Crippen MR) is 145 cm³/mol. The highest BCUT2D eigenvalue weighted by Crippen LogP contribution is 2.50. The average Bonchev–Trinajstić information content (AvgIpc) is 3.64. The van der Waals surface area contributed by atoms with Crippen LogP contribution in [0, 0.1) is 0 Å². The van der Waals surface area contributed by atoms with Crippen LogP contribution in [0.25, 0.3) is 28.2 Å². The minimum atomic E-state index is -4.57. The standard InChI is InChI=1S/C26H24N5O7PS/c32-20-21-18(14-36-39(34,35)38-21)37-24(20)31-22-19(28-26(31)40-12-11-15-7-3-1-4-8-15)23(33)30-13-17(27-25(30)29-22)16-9-5-2-6-10-16/h1-10,13,18,20-21,24,32H,11-12,14H2,(H,27,29)(H,34,35)/t18?,20?,21-,24-/m1/s1. The van der Waals surface area contributed by atoms with Crippen LogP contribution in [0.3, 0.4) is 0 Å². The number of ether oxygens (including phenoxy) is 1. The van der Waals surface area contributed by atoms with Gasteiger partial charge < -0.3 is 28.8 Å². The molecular formula is C26H24N5O7PS. The van der Waals surface area contributed by atoms with Gasteiger partial charge in [-0.25, -0.2) is 9.38 Å². The van der Waals surface area contributed by atoms with Crippen molar-refractivity contribution in [2.75, 3.05) is 12.4 Å². The van der Waals surface area contributed by atoms with Crippen LogP contribution in [0.2, 0.25) is 0 Å². The second-order valence-corrected chi connectivity index (χ2v) is 12.0. The summed E-state index contributed by atoms with van der Waals surface area (Å²) in [6.45, 7) is -0.292. The fourth-order valence-electron chi connectivity index (χ4n) is 5.05. The molecule has 0 saturated carbocycles. The second kappa shape index (κ2) is 9.96. The Morgan fingerprint density at radius 3 is 2.67 bits per heavy atom. The molecule has 2 aliphatic rings. The molecule has 14 heteroatoms. The number of nitrogens with one attached hydrogen (secondary N) is 1. The molecule has 0 amide bonds. The van der Waals surface area contributed by atoms with Gasteiger partial charge in [-0.05, 0) is 17.5 Å². The summed E-state index contributed by atoms with van der Waals surface area (Å²) >= 11 is 1.38. The number of hydrogen-bond donors (Lipinski definition) is 2. The molecule has 2 aromatic carbocycles. The molecule has 3 aromatic heterocycles. The van der Waals surface area contributed by atoms with E-state index in [0.29, 0.717) is 16.6 Å². The number of fused-ring (bicyclic) bond motifs is 3. The SMILES string of the molecule is O=c1c2nc(SCCc3ccccc3)n([C@@H]3OC4COP(=O)([O-])O[C@H]4C3O)c2nc2[nH]c(-c3ccccc3)cn12.[H+]. The molecule has 0 aliphatic carbocycles. The lowest BCUT2D eigenvalue weighted by Crippen LogP contribution is -2.41. The fraction of sp³-hybridized carbons (Fsp3) is 0.269. The molecule has 2 fully saturated rings. The van der Waals surface area contributed by atoms with Gasteiger partial charge >= 0.3 is 1.43 Å². The number of phosphoric ester groups is 1. The van der Waals surface area contributed by atoms with Gasteiger partial charge in [0.05, 0.1) is 12.3 Å². The Labute approximate surface area is 232 Å². The third-order valence-corrected chi connectivity index (χ3v) is 8.90. The third-order valence-electron chi connectivity index (χ3n) is 6.98. The van der Waals surface area contributed by atoms with E-state index >= 15 is 0 Å². The number of imidazole rings is 2. The second-order valence-electron chi connectivity index (χ2n) is 9.53. The van der Waals surface area contributed by atoms with Crippen molar-refractivity contribution < 1.29 is 29.8 Å². The highest BCUT2D eigenvalue weighted by atomic mass is 32.2. The van der Waals surface area contributed by atoms with E-state index in [-0.39, 0.29) is 25.0 Å². The molecule has 5 heterocycles. The first-order valence-electron chi connectivity index (χ1n) is 12.6. The van der Waals surface area contributed by atoms with Crippen molar-refractivity contribution in [1.82, 2.24) is 23.9 Å². The van der Waals surface area contributed by atoms with E-state index in [1.54, 1.807) is 10.8 Å². The number of hydrogen-bond acceptors (Lipinski definition) is 10. The molecule has 3 unspecified atom stereocenters. The molecule has 2 N–H and O–H groups in total. The van der Waals surface area contributed by atoms with Crippen molar-refractivity contribution in [3.05, 3.63) is 82.8 Å². The van der Waals surface area contributed by atoms with Gasteiger partial charge in [0.25, 0.3) is 13.4 Å². The third kappa shape index (κ3) is 4.49. The Balaban J connectivity index is 0.00000302. The number of aliphatic hydroxyl groups excluding tert-OH is 1. The van der Waals surface area contributed by atoms with Crippen molar-refractivity contribution >= 4 is 36.5 Å². The molecule has 2 aliphatic heterocycles. The average molecular weight is 582 g/mol. The van der Waals surface area contributed by atoms with E-state index in [4.69, 9.17) is 18.8 Å². The van der Waals surface area contributed by atoms with Crippen molar-refractivity contribution in [3.63, 3.8) is 0 Å². The van der Waals surface area contributed by atoms with E-state index in [1.807, 2.05) is 60.7 Å². The number of aryl methyl sites for hydroxylation is 1. The smallest absolute Gasteiger partial charge is 0.756 e. The van der Waals surface area contributed by atoms with Gasteiger partial charge in [0.1, 0.15) is 18.3 Å². The molecule has 40 heavy (non-hydrogen) atoms. The van der Waals surface area contributed by atoms with Gasteiger partial charge in [0.2, 0.25) is 5.78 Å². The maximum absolute atomic E-state index is 13.6. The molecule has 0 spiro atoms. The van der Waals surface area contributed by atoms with Crippen LogP contribution in [-0.2, 0) is 24.8 Å². The molecule has 0 radical (unpaired) electrons. The summed E-state index contributed by atoms with van der Waals surface area (Å²) < 4.78 is 30.8. The van der Waals surface area contributed by atoms with Crippen LogP contribution < -0.4 is 10.5 Å². The fourth-order valence-corrected chi connectivity index (χ4v) is 7.01. The number of phosphoric acid groups is 1. The van der Waals surface area contributed by atoms with E-state index in [1.165, 1.54) is 16.2 Å². The molecule has 12 nitrogen and oxygen atoms in total. The normalized spacial score (nSPS) is 26.4. The minimum absolute atomic E-state index is 0. The van der Waals surface area contributed by atoms with Crippen LogP contribution in [0.15, 0.2) is 76.8 Å². The summed E-state index contributed by atoms with van der Waals surface area (Å²) in [5, 5.41) is 11.6. The van der Waals surface area contributed by atoms with Crippen LogP contribution in [0.1, 0.15) is 13.2 Å². The van der Waals surface area contributed by atoms with E-state index in [9.17, 15) is 19.4 Å². The zero-order valence-electron chi connectivity index (χ0n) is 21.8. The number of aromatic nitrogens is 5. The summed E-state index contributed by atoms with van der Waals surface area (Å²) in [5.74, 6) is 0.905. The summed E-state index contributed by atoms with van der Waals surface area (Å²) in [5.41, 5.74) is 2.61. The molecule has 206 valence electrons. The zero-order chi connectivity index (χ0) is 27.4. The maximum atomic E-state index is 13.6. The summed E-state index contributed by atoms with van der Waals surface area (Å²) in [7, 11) is -4.57. The van der Waals surface area contributed by atoms with Crippen LogP contribution in [-0.4, -0.2) is 59.7 Å². The minimum Gasteiger partial charge on any atom is -0.756 e. The van der Waals surface area contributed by atoms with Crippen molar-refractivity contribution in [2.45, 2.75) is 36.1 Å². The molecular weight excluding hydrogens is 557 g/mol. The Morgan fingerprint density at radius 1 is 1.15 bits per heavy atom. The number of H-pyrrole nitrogens is 1. The number of thioether (sulfide) groups is 1. The summed E-state index contributed by atoms with van der Waals surface area (Å²) in [4.78, 5) is 38.1. The van der Waals surface area contributed by atoms with Crippen LogP contribution in [0.5, 0.6) is 0 Å². The topological polar surface area (TPSA) is 156 Å². The Morgan fingerprint density at radius 2 is 1.90 bits per heavy atom. The van der Waals surface area contributed by atoms with Crippen molar-refractivity contribution in [1.29, 1.82) is 0 Å². The Hall–Kier alpha value is -3.29. The van der Waals surface area contributed by atoms with E-state index in [0.717, 1.165) is 17.5 Å². The van der Waals surface area contributed by atoms with Crippen LogP contribution >= 0.6 is 19.6 Å². The Kier molecular flexibility index (Phi) is 6.39. The Bertz CT molecular complexity index is 1820. The van der Waals surface area contributed by atoms with Crippen molar-refractivity contribution in [3.8, 4) is 11.3 Å². The molecule has 2 saturated heterocycles. The lowest BCUT2D eigenvalue weighted by Gasteiger charge is -2.34. The summed E-state index contributed by atoms with van der Waals surface area (Å²) in [6, 6.07) is 19.5. The number of aromatic amines is 1. The van der Waals surface area contributed by atoms with E-state index < -0.39 is 37.9 Å². The van der Waals surface area contributed by atoms with Gasteiger partial charge in [-0.15, -0.1) is 0 Å². The number of rotatable bonds is 6. The van der Waals surface area contributed by atoms with Gasteiger partial charge in [-0.3, -0.25) is 13.9 Å². The molecule has 5 atom stereocenters. The first-order valence-corrected chi connectivity index (χ1v) is 15.1. The lowest BCUT2D eigenvalue weighted by molar-refractivity contribution is -0.245.